The maximum atomic E-state index is 10.5. The van der Waals surface area contributed by atoms with Gasteiger partial charge in [-0.1, -0.05) is 15.9 Å². The first kappa shape index (κ1) is 7.34. The lowest BCUT2D eigenvalue weighted by molar-refractivity contribution is -0.137. The molecule has 0 aliphatic carbocycles. The maximum absolute atomic E-state index is 10.5. The van der Waals surface area contributed by atoms with Crippen LogP contribution in [-0.4, -0.2) is 15.4 Å². The van der Waals surface area contributed by atoms with Crippen molar-refractivity contribution in [2.75, 3.05) is 0 Å². The number of halogens is 1. The van der Waals surface area contributed by atoms with Crippen molar-refractivity contribution in [1.29, 1.82) is 0 Å². The van der Waals surface area contributed by atoms with Crippen molar-refractivity contribution in [3.8, 4) is 0 Å². The minimum Gasteiger partial charge on any atom is -0.480 e. The lowest BCUT2D eigenvalue weighted by Gasteiger charge is -2.15. The van der Waals surface area contributed by atoms with E-state index in [-0.39, 0.29) is 0 Å². The van der Waals surface area contributed by atoms with Gasteiger partial charge in [-0.25, -0.2) is 0 Å². The molecule has 3 nitrogen and oxygen atoms in total. The second-order valence-electron chi connectivity index (χ2n) is 1.91. The van der Waals surface area contributed by atoms with E-state index >= 15 is 0 Å². The van der Waals surface area contributed by atoms with E-state index in [1.54, 1.807) is 12.4 Å². The van der Waals surface area contributed by atoms with Crippen molar-refractivity contribution in [2.24, 2.45) is 0 Å². The lowest BCUT2D eigenvalue weighted by atomic mass is 10.1. The van der Waals surface area contributed by atoms with Crippen molar-refractivity contribution in [3.63, 3.8) is 0 Å². The van der Waals surface area contributed by atoms with Crippen LogP contribution in [0.2, 0.25) is 0 Å². The average Bonchev–Trinajstić information content (AvgIpc) is 1.89. The van der Waals surface area contributed by atoms with Crippen LogP contribution in [0.1, 0.15) is 0 Å². The van der Waals surface area contributed by atoms with Crippen LogP contribution in [0.15, 0.2) is 24.6 Å². The molecule has 0 unspecified atom stereocenters. The lowest BCUT2D eigenvalue weighted by Crippen LogP contribution is -2.29. The number of aliphatic carboxylic acids is 1. The van der Waals surface area contributed by atoms with Gasteiger partial charge in [0.2, 0.25) is 0 Å². The third kappa shape index (κ3) is 1.21. The molecule has 0 aromatic rings. The molecular formula is C6H6BrNO2. The Morgan fingerprint density at radius 1 is 1.50 bits per heavy atom. The van der Waals surface area contributed by atoms with Gasteiger partial charge in [-0.05, 0) is 24.6 Å². The molecule has 54 valence electrons. The van der Waals surface area contributed by atoms with Crippen LogP contribution in [0.4, 0.5) is 0 Å². The summed E-state index contributed by atoms with van der Waals surface area (Å²) in [7, 11) is 0. The van der Waals surface area contributed by atoms with E-state index in [0.29, 0.717) is 0 Å². The van der Waals surface area contributed by atoms with E-state index in [4.69, 9.17) is 5.11 Å². The fourth-order valence-electron chi connectivity index (χ4n) is 0.592. The maximum Gasteiger partial charge on any atom is 0.328 e. The topological polar surface area (TPSA) is 49.3 Å². The molecule has 1 rings (SSSR count). The minimum atomic E-state index is -1.02. The van der Waals surface area contributed by atoms with E-state index in [2.05, 4.69) is 21.2 Å². The minimum absolute atomic E-state index is 0.915. The van der Waals surface area contributed by atoms with E-state index in [9.17, 15) is 4.79 Å². The highest BCUT2D eigenvalue weighted by atomic mass is 79.9. The first-order chi connectivity index (χ1) is 4.65. The van der Waals surface area contributed by atoms with Crippen molar-refractivity contribution < 1.29 is 9.90 Å². The van der Waals surface area contributed by atoms with E-state index in [0.717, 1.165) is 0 Å². The van der Waals surface area contributed by atoms with Gasteiger partial charge in [0.25, 0.3) is 0 Å². The number of carbonyl (C=O) groups is 1. The van der Waals surface area contributed by atoms with Gasteiger partial charge < -0.3 is 10.4 Å². The Morgan fingerprint density at radius 3 is 2.30 bits per heavy atom. The highest BCUT2D eigenvalue weighted by Gasteiger charge is 2.30. The van der Waals surface area contributed by atoms with Gasteiger partial charge in [0.05, 0.1) is 0 Å². The van der Waals surface area contributed by atoms with Gasteiger partial charge in [0.1, 0.15) is 0 Å². The van der Waals surface area contributed by atoms with Gasteiger partial charge in [-0.2, -0.15) is 0 Å². The quantitative estimate of drug-likeness (QED) is 0.622. The molecule has 4 heteroatoms. The van der Waals surface area contributed by atoms with Gasteiger partial charge >= 0.3 is 5.97 Å². The van der Waals surface area contributed by atoms with Crippen LogP contribution in [0.5, 0.6) is 0 Å². The fraction of sp³-hybridized carbons (Fsp3) is 0.167. The van der Waals surface area contributed by atoms with Crippen LogP contribution in [0.25, 0.3) is 0 Å². The second-order valence-corrected chi connectivity index (χ2v) is 3.22. The molecule has 0 aromatic heterocycles. The summed E-state index contributed by atoms with van der Waals surface area (Å²) in [6, 6.07) is 0. The summed E-state index contributed by atoms with van der Waals surface area (Å²) < 4.78 is -1.02. The molecule has 0 saturated carbocycles. The Hall–Kier alpha value is -0.770. The molecule has 0 radical (unpaired) electrons. The number of hydrogen-bond acceptors (Lipinski definition) is 2. The summed E-state index contributed by atoms with van der Waals surface area (Å²) >= 11 is 3.05. The highest BCUT2D eigenvalue weighted by Crippen LogP contribution is 2.23. The second kappa shape index (κ2) is 2.46. The standard InChI is InChI=1S/C6H6BrNO2/c7-6(5(9)10)1-3-8-4-2-6/h1-4,8H,(H,9,10). The van der Waals surface area contributed by atoms with Crippen LogP contribution in [-0.2, 0) is 4.79 Å². The van der Waals surface area contributed by atoms with E-state index < -0.39 is 10.3 Å². The molecule has 1 aliphatic rings. The number of alkyl halides is 1. The van der Waals surface area contributed by atoms with Crippen molar-refractivity contribution in [1.82, 2.24) is 5.32 Å². The Balaban J connectivity index is 2.85. The number of carboxylic acids is 1. The van der Waals surface area contributed by atoms with E-state index in [1.165, 1.54) is 12.2 Å². The molecule has 10 heavy (non-hydrogen) atoms. The molecule has 0 amide bonds. The zero-order chi connectivity index (χ0) is 7.61. The predicted octanol–water partition coefficient (Wildman–Crippen LogP) is 0.835. The molecule has 0 fully saturated rings. The zero-order valence-corrected chi connectivity index (χ0v) is 6.63. The van der Waals surface area contributed by atoms with Crippen LogP contribution in [0.3, 0.4) is 0 Å². The van der Waals surface area contributed by atoms with Crippen LogP contribution < -0.4 is 5.32 Å². The third-order valence-electron chi connectivity index (χ3n) is 1.17. The summed E-state index contributed by atoms with van der Waals surface area (Å²) in [6.07, 6.45) is 6.19. The Bertz CT molecular complexity index is 198. The van der Waals surface area contributed by atoms with Gasteiger partial charge in [-0.15, -0.1) is 0 Å². The zero-order valence-electron chi connectivity index (χ0n) is 5.04. The normalized spacial score (nSPS) is 20.1. The van der Waals surface area contributed by atoms with Crippen molar-refractivity contribution in [3.05, 3.63) is 24.6 Å². The fourth-order valence-corrected chi connectivity index (χ4v) is 0.857. The summed E-state index contributed by atoms with van der Waals surface area (Å²) in [5.74, 6) is -0.915. The molecular weight excluding hydrogens is 198 g/mol. The largest absolute Gasteiger partial charge is 0.480 e. The molecule has 0 atom stereocenters. The smallest absolute Gasteiger partial charge is 0.328 e. The molecule has 0 saturated heterocycles. The number of rotatable bonds is 1. The SMILES string of the molecule is O=C(O)C1(Br)C=CNC=C1. The monoisotopic (exact) mass is 203 g/mol. The van der Waals surface area contributed by atoms with Gasteiger partial charge in [0.15, 0.2) is 4.32 Å². The highest BCUT2D eigenvalue weighted by molar-refractivity contribution is 9.10. The van der Waals surface area contributed by atoms with E-state index in [1.807, 2.05) is 0 Å². The number of hydrogen-bond donors (Lipinski definition) is 2. The molecule has 1 aliphatic heterocycles. The summed E-state index contributed by atoms with van der Waals surface area (Å²) in [5, 5.41) is 11.4. The summed E-state index contributed by atoms with van der Waals surface area (Å²) in [6.45, 7) is 0. The number of dihydropyridines is 1. The third-order valence-corrected chi connectivity index (χ3v) is 2.04. The molecule has 0 aromatic carbocycles. The molecule has 0 spiro atoms. The Kier molecular flexibility index (Phi) is 1.80. The first-order valence-electron chi connectivity index (χ1n) is 2.69. The van der Waals surface area contributed by atoms with Crippen LogP contribution in [0, 0.1) is 0 Å². The van der Waals surface area contributed by atoms with Crippen LogP contribution >= 0.6 is 15.9 Å². The summed E-state index contributed by atoms with van der Waals surface area (Å²) in [4.78, 5) is 10.5. The first-order valence-corrected chi connectivity index (χ1v) is 3.48. The van der Waals surface area contributed by atoms with Gasteiger partial charge in [0, 0.05) is 0 Å². The molecule has 0 bridgehead atoms. The number of nitrogens with one attached hydrogen (secondary N) is 1. The Labute approximate surface area is 66.6 Å². The van der Waals surface area contributed by atoms with Gasteiger partial charge in [-0.3, -0.25) is 4.79 Å². The average molecular weight is 204 g/mol. The Morgan fingerprint density at radius 2 is 2.00 bits per heavy atom. The number of carboxylic acid groups (broad SMARTS) is 1. The van der Waals surface area contributed by atoms with Crippen molar-refractivity contribution >= 4 is 21.9 Å². The predicted molar refractivity (Wildman–Crippen MR) is 40.7 cm³/mol. The molecule has 2 N–H and O–H groups in total. The summed E-state index contributed by atoms with van der Waals surface area (Å²) in [5.41, 5.74) is 0. The van der Waals surface area contributed by atoms with Crippen molar-refractivity contribution in [2.45, 2.75) is 4.32 Å². The molecule has 1 heterocycles.